The van der Waals surface area contributed by atoms with Crippen LogP contribution in [0.25, 0.3) is 0 Å². The van der Waals surface area contributed by atoms with E-state index < -0.39 is 4.92 Å². The topological polar surface area (TPSA) is 91.1 Å². The Morgan fingerprint density at radius 2 is 2.12 bits per heavy atom. The van der Waals surface area contributed by atoms with Gasteiger partial charge < -0.3 is 19.1 Å². The van der Waals surface area contributed by atoms with Crippen LogP contribution >= 0.6 is 0 Å². The Morgan fingerprint density at radius 3 is 2.81 bits per heavy atom. The molecule has 0 saturated carbocycles. The Hall–Kier alpha value is -3.39. The molecule has 0 bridgehead atoms. The van der Waals surface area contributed by atoms with Gasteiger partial charge in [-0.25, -0.2) is 0 Å². The Bertz CT molecular complexity index is 955. The fourth-order valence-corrected chi connectivity index (χ4v) is 3.70. The highest BCUT2D eigenvalue weighted by Gasteiger charge is 2.25. The standard InChI is InChI=1S/C24H28N2O6/c1-3-12-32-22-11-10-18(14-23(22)30-2)16-25(17-20-8-6-13-31-20)24(27)15-19-7-4-5-9-21(19)26(28)29/h3-5,7,9-11,14,20H,1,6,8,12-13,15-17H2,2H3. The number of benzene rings is 2. The molecule has 1 saturated heterocycles. The van der Waals surface area contributed by atoms with E-state index >= 15 is 0 Å². The molecule has 170 valence electrons. The van der Waals surface area contributed by atoms with E-state index in [0.717, 1.165) is 18.4 Å². The lowest BCUT2D eigenvalue weighted by atomic mass is 10.1. The molecule has 0 radical (unpaired) electrons. The predicted molar refractivity (Wildman–Crippen MR) is 120 cm³/mol. The summed E-state index contributed by atoms with van der Waals surface area (Å²) in [6, 6.07) is 11.8. The van der Waals surface area contributed by atoms with Gasteiger partial charge in [0.2, 0.25) is 5.91 Å². The van der Waals surface area contributed by atoms with E-state index in [1.54, 1.807) is 42.4 Å². The van der Waals surface area contributed by atoms with Gasteiger partial charge in [0.1, 0.15) is 6.61 Å². The van der Waals surface area contributed by atoms with Crippen molar-refractivity contribution >= 4 is 11.6 Å². The van der Waals surface area contributed by atoms with Gasteiger partial charge >= 0.3 is 0 Å². The first kappa shape index (κ1) is 23.3. The maximum Gasteiger partial charge on any atom is 0.273 e. The molecule has 1 aliphatic rings. The number of nitro groups is 1. The van der Waals surface area contributed by atoms with Gasteiger partial charge in [-0.3, -0.25) is 14.9 Å². The summed E-state index contributed by atoms with van der Waals surface area (Å²) in [6.45, 7) is 5.44. The van der Waals surface area contributed by atoms with Crippen molar-refractivity contribution in [3.8, 4) is 11.5 Å². The van der Waals surface area contributed by atoms with Gasteiger partial charge in [0.05, 0.1) is 24.6 Å². The largest absolute Gasteiger partial charge is 0.493 e. The Balaban J connectivity index is 1.80. The highest BCUT2D eigenvalue weighted by atomic mass is 16.6. The molecule has 1 atom stereocenters. The van der Waals surface area contributed by atoms with E-state index in [4.69, 9.17) is 14.2 Å². The number of hydrogen-bond acceptors (Lipinski definition) is 6. The fourth-order valence-electron chi connectivity index (χ4n) is 3.70. The van der Waals surface area contributed by atoms with Crippen LogP contribution in [0.5, 0.6) is 11.5 Å². The number of nitro benzene ring substituents is 1. The van der Waals surface area contributed by atoms with Crippen LogP contribution in [0.3, 0.4) is 0 Å². The van der Waals surface area contributed by atoms with Gasteiger partial charge in [-0.15, -0.1) is 0 Å². The van der Waals surface area contributed by atoms with Crippen LogP contribution in [-0.2, 0) is 22.5 Å². The molecule has 0 aromatic heterocycles. The predicted octanol–water partition coefficient (Wildman–Crippen LogP) is 3.92. The molecule has 1 amide bonds. The lowest BCUT2D eigenvalue weighted by molar-refractivity contribution is -0.385. The maximum absolute atomic E-state index is 13.2. The maximum atomic E-state index is 13.2. The van der Waals surface area contributed by atoms with Gasteiger partial charge in [0, 0.05) is 31.3 Å². The quantitative estimate of drug-likeness (QED) is 0.299. The van der Waals surface area contributed by atoms with Crippen molar-refractivity contribution in [1.82, 2.24) is 4.90 Å². The van der Waals surface area contributed by atoms with Gasteiger partial charge in [-0.05, 0) is 30.5 Å². The van der Waals surface area contributed by atoms with Gasteiger partial charge in [0.15, 0.2) is 11.5 Å². The van der Waals surface area contributed by atoms with Crippen LogP contribution in [0.15, 0.2) is 55.1 Å². The van der Waals surface area contributed by atoms with Crippen molar-refractivity contribution in [2.75, 3.05) is 26.9 Å². The number of para-hydroxylation sites is 1. The minimum Gasteiger partial charge on any atom is -0.493 e. The van der Waals surface area contributed by atoms with Gasteiger partial charge in [0.25, 0.3) is 5.69 Å². The van der Waals surface area contributed by atoms with Crippen LogP contribution in [0.4, 0.5) is 5.69 Å². The first-order valence-electron chi connectivity index (χ1n) is 10.5. The summed E-state index contributed by atoms with van der Waals surface area (Å²) in [6.07, 6.45) is 3.40. The molecule has 8 heteroatoms. The minimum absolute atomic E-state index is 0.0400. The Morgan fingerprint density at radius 1 is 1.31 bits per heavy atom. The highest BCUT2D eigenvalue weighted by Crippen LogP contribution is 2.29. The van der Waals surface area contributed by atoms with E-state index in [0.29, 0.717) is 43.4 Å². The molecule has 8 nitrogen and oxygen atoms in total. The van der Waals surface area contributed by atoms with E-state index in [-0.39, 0.29) is 24.1 Å². The Labute approximate surface area is 187 Å². The second-order valence-corrected chi connectivity index (χ2v) is 7.56. The van der Waals surface area contributed by atoms with E-state index in [9.17, 15) is 14.9 Å². The first-order chi connectivity index (χ1) is 15.5. The summed E-state index contributed by atoms with van der Waals surface area (Å²) in [4.78, 5) is 25.8. The number of hydrogen-bond donors (Lipinski definition) is 0. The first-order valence-corrected chi connectivity index (χ1v) is 10.5. The van der Waals surface area contributed by atoms with Gasteiger partial charge in [-0.1, -0.05) is 36.9 Å². The van der Waals surface area contributed by atoms with E-state index in [1.165, 1.54) is 6.07 Å². The van der Waals surface area contributed by atoms with E-state index in [2.05, 4.69) is 6.58 Å². The molecule has 1 unspecified atom stereocenters. The fraction of sp³-hybridized carbons (Fsp3) is 0.375. The van der Waals surface area contributed by atoms with Crippen molar-refractivity contribution < 1.29 is 23.9 Å². The minimum atomic E-state index is -0.458. The summed E-state index contributed by atoms with van der Waals surface area (Å²) in [7, 11) is 1.56. The zero-order valence-corrected chi connectivity index (χ0v) is 18.2. The number of rotatable bonds is 11. The Kier molecular flexibility index (Phi) is 8.21. The average molecular weight is 440 g/mol. The highest BCUT2D eigenvalue weighted by molar-refractivity contribution is 5.80. The zero-order valence-electron chi connectivity index (χ0n) is 18.2. The third-order valence-corrected chi connectivity index (χ3v) is 5.29. The molecule has 1 fully saturated rings. The van der Waals surface area contributed by atoms with Crippen LogP contribution in [-0.4, -0.2) is 48.7 Å². The molecule has 3 rings (SSSR count). The number of carbonyl (C=O) groups is 1. The van der Waals surface area contributed by atoms with Crippen LogP contribution < -0.4 is 9.47 Å². The number of carbonyl (C=O) groups excluding carboxylic acids is 1. The molecule has 2 aromatic rings. The average Bonchev–Trinajstić information content (AvgIpc) is 3.31. The lowest BCUT2D eigenvalue weighted by Crippen LogP contribution is -2.38. The smallest absolute Gasteiger partial charge is 0.273 e. The van der Waals surface area contributed by atoms with Crippen molar-refractivity contribution in [3.05, 3.63) is 76.4 Å². The molecule has 1 aliphatic heterocycles. The molecule has 1 heterocycles. The molecule has 0 aliphatic carbocycles. The number of methoxy groups -OCH3 is 1. The molecule has 32 heavy (non-hydrogen) atoms. The number of nitrogens with zero attached hydrogens (tertiary/aromatic N) is 2. The summed E-state index contributed by atoms with van der Waals surface area (Å²) in [5.74, 6) is 0.960. The van der Waals surface area contributed by atoms with E-state index in [1.807, 2.05) is 12.1 Å². The van der Waals surface area contributed by atoms with Crippen LogP contribution in [0.1, 0.15) is 24.0 Å². The molecule has 2 aromatic carbocycles. The second kappa shape index (κ2) is 11.3. The van der Waals surface area contributed by atoms with Crippen molar-refractivity contribution in [2.24, 2.45) is 0 Å². The normalized spacial score (nSPS) is 15.2. The van der Waals surface area contributed by atoms with Crippen LogP contribution in [0.2, 0.25) is 0 Å². The van der Waals surface area contributed by atoms with Crippen molar-refractivity contribution in [2.45, 2.75) is 31.9 Å². The number of ether oxygens (including phenoxy) is 3. The second-order valence-electron chi connectivity index (χ2n) is 7.56. The molecular weight excluding hydrogens is 412 g/mol. The van der Waals surface area contributed by atoms with Crippen molar-refractivity contribution in [3.63, 3.8) is 0 Å². The summed E-state index contributed by atoms with van der Waals surface area (Å²) in [5.41, 5.74) is 1.20. The van der Waals surface area contributed by atoms with Crippen LogP contribution in [0, 0.1) is 10.1 Å². The number of amides is 1. The van der Waals surface area contributed by atoms with Gasteiger partial charge in [-0.2, -0.15) is 0 Å². The summed E-state index contributed by atoms with van der Waals surface area (Å²) < 4.78 is 16.8. The molecule has 0 spiro atoms. The zero-order chi connectivity index (χ0) is 22.9. The summed E-state index contributed by atoms with van der Waals surface area (Å²) in [5, 5.41) is 11.3. The monoisotopic (exact) mass is 440 g/mol. The SMILES string of the molecule is C=CCOc1ccc(CN(CC2CCCO2)C(=O)Cc2ccccc2[N+](=O)[O-])cc1OC. The lowest BCUT2D eigenvalue weighted by Gasteiger charge is -2.26. The molecule has 0 N–H and O–H groups in total. The third-order valence-electron chi connectivity index (χ3n) is 5.29. The summed E-state index contributed by atoms with van der Waals surface area (Å²) >= 11 is 0. The third kappa shape index (κ3) is 6.07. The van der Waals surface area contributed by atoms with Crippen molar-refractivity contribution in [1.29, 1.82) is 0 Å². The molecular formula is C24H28N2O6.